The number of ketones is 1. The molecule has 1 aliphatic rings. The van der Waals surface area contributed by atoms with Gasteiger partial charge in [0.15, 0.2) is 17.1 Å². The molecule has 7 rings (SSSR count). The number of pyridine rings is 1. The monoisotopic (exact) mass is 911 g/mol. The summed E-state index contributed by atoms with van der Waals surface area (Å²) in [5, 5.41) is 12.9. The number of fused-ring (bicyclic) bond motifs is 5. The molecule has 55 heavy (non-hydrogen) atoms. The Labute approximate surface area is 341 Å². The van der Waals surface area contributed by atoms with Crippen LogP contribution in [0.2, 0.25) is 0 Å². The molecule has 0 spiro atoms. The normalized spacial score (nSPS) is 12.4. The van der Waals surface area contributed by atoms with Crippen molar-refractivity contribution in [2.75, 3.05) is 0 Å². The van der Waals surface area contributed by atoms with Crippen molar-refractivity contribution in [1.29, 1.82) is 0 Å². The molecular formula is C48H53BIrNO4-. The van der Waals surface area contributed by atoms with E-state index in [2.05, 4.69) is 100 Å². The smallest absolute Gasteiger partial charge is 0.297 e. The molecule has 0 bridgehead atoms. The van der Waals surface area contributed by atoms with Crippen LogP contribution in [0.5, 0.6) is 11.5 Å². The van der Waals surface area contributed by atoms with Gasteiger partial charge in [-0.2, -0.15) is 0 Å². The first-order valence-corrected chi connectivity index (χ1v) is 19.8. The number of aliphatic hydroxyl groups is 1. The maximum absolute atomic E-state index is 11.7. The molecule has 4 aromatic carbocycles. The zero-order valence-electron chi connectivity index (χ0n) is 33.4. The molecule has 6 aromatic rings. The molecule has 0 saturated carbocycles. The fourth-order valence-electron chi connectivity index (χ4n) is 7.78. The second-order valence-electron chi connectivity index (χ2n) is 15.1. The molecule has 287 valence electrons. The number of aromatic nitrogens is 1. The van der Waals surface area contributed by atoms with Crippen LogP contribution in [0.15, 0.2) is 107 Å². The van der Waals surface area contributed by atoms with Gasteiger partial charge in [0.1, 0.15) is 11.4 Å². The van der Waals surface area contributed by atoms with Crippen molar-refractivity contribution in [3.63, 3.8) is 0 Å². The van der Waals surface area contributed by atoms with Gasteiger partial charge in [-0.25, -0.2) is 0 Å². The number of para-hydroxylation sites is 1. The van der Waals surface area contributed by atoms with Gasteiger partial charge < -0.3 is 14.3 Å². The third-order valence-corrected chi connectivity index (χ3v) is 11.0. The van der Waals surface area contributed by atoms with E-state index < -0.39 is 0 Å². The number of rotatable bonds is 11. The topological polar surface area (TPSA) is 72.6 Å². The minimum atomic E-state index is -0.0657. The number of allylic oxidation sites excluding steroid dienone is 2. The number of hydrogen-bond acceptors (Lipinski definition) is 5. The van der Waals surface area contributed by atoms with E-state index in [9.17, 15) is 9.90 Å². The van der Waals surface area contributed by atoms with Crippen LogP contribution in [0.1, 0.15) is 104 Å². The van der Waals surface area contributed by atoms with Gasteiger partial charge in [0.25, 0.3) is 6.71 Å². The Hall–Kier alpha value is -4.45. The van der Waals surface area contributed by atoms with Crippen molar-refractivity contribution < 1.29 is 39.2 Å². The average Bonchev–Trinajstić information content (AvgIpc) is 3.55. The van der Waals surface area contributed by atoms with Crippen LogP contribution in [0.4, 0.5) is 0 Å². The van der Waals surface area contributed by atoms with Gasteiger partial charge in [-0.1, -0.05) is 132 Å². The molecule has 0 atom stereocenters. The molecule has 1 radical (unpaired) electrons. The SMILES string of the molecule is CC(C)c1cccc(C(C)C)c1B1c2ccccc2Oc2c1oc1cnc(-c3[c-]c4ccccc4cc3)cc21.CCC(CC)C(=O)/C=C(\O)C(CC)CC.[Ir]. The first-order valence-electron chi connectivity index (χ1n) is 19.8. The van der Waals surface area contributed by atoms with Crippen molar-refractivity contribution >= 4 is 50.8 Å². The first-order chi connectivity index (χ1) is 26.1. The standard InChI is InChI=1S/C35H29BNO2.C13H24O2.Ir/c1-21(2)26-12-9-13-27(22(3)4)33(26)36-29-14-7-8-15-31(29)38-34-28-19-30(37-20-32(28)39-35(34)36)25-17-16-23-10-5-6-11-24(23)18-25;1-5-10(6-2)12(14)9-13(15)11(7-3)8-4;/h5-17,19-22H,1-4H3;9-11,14H,5-8H2,1-4H3;/q-1;;/b;12-9-;. The Bertz CT molecular complexity index is 2260. The Morgan fingerprint density at radius 2 is 1.45 bits per heavy atom. The number of hydrogen-bond donors (Lipinski definition) is 1. The van der Waals surface area contributed by atoms with Crippen LogP contribution in [0, 0.1) is 17.9 Å². The predicted octanol–water partition coefficient (Wildman–Crippen LogP) is 11.2. The molecular weight excluding hydrogens is 858 g/mol. The van der Waals surface area contributed by atoms with Crippen LogP contribution in [-0.4, -0.2) is 22.6 Å². The van der Waals surface area contributed by atoms with Gasteiger partial charge in [0.05, 0.1) is 17.3 Å². The summed E-state index contributed by atoms with van der Waals surface area (Å²) in [6.45, 7) is 17.1. The van der Waals surface area contributed by atoms with E-state index in [1.807, 2.05) is 52.1 Å². The summed E-state index contributed by atoms with van der Waals surface area (Å²) in [6.07, 6.45) is 6.73. The zero-order chi connectivity index (χ0) is 38.5. The van der Waals surface area contributed by atoms with Crippen molar-refractivity contribution in [3.8, 4) is 22.8 Å². The quantitative estimate of drug-likeness (QED) is 0.0606. The average molecular weight is 911 g/mol. The summed E-state index contributed by atoms with van der Waals surface area (Å²) in [5.74, 6) is 2.95. The molecule has 1 aliphatic heterocycles. The molecule has 1 N–H and O–H groups in total. The summed E-state index contributed by atoms with van der Waals surface area (Å²) >= 11 is 0. The maximum Gasteiger partial charge on any atom is 0.297 e. The number of carbonyl (C=O) groups is 1. The van der Waals surface area contributed by atoms with Crippen molar-refractivity contribution in [2.45, 2.75) is 92.9 Å². The van der Waals surface area contributed by atoms with Gasteiger partial charge in [0, 0.05) is 43.7 Å². The summed E-state index contributed by atoms with van der Waals surface area (Å²) < 4.78 is 13.3. The number of furan rings is 1. The Balaban J connectivity index is 0.000000311. The first kappa shape index (κ1) is 41.7. The third kappa shape index (κ3) is 8.69. The van der Waals surface area contributed by atoms with E-state index >= 15 is 0 Å². The minimum absolute atomic E-state index is 0. The van der Waals surface area contributed by atoms with Crippen LogP contribution < -0.4 is 21.3 Å². The molecule has 0 fully saturated rings. The molecule has 0 aliphatic carbocycles. The molecule has 7 heteroatoms. The zero-order valence-corrected chi connectivity index (χ0v) is 35.8. The fourth-order valence-corrected chi connectivity index (χ4v) is 7.78. The number of ether oxygens (including phenoxy) is 1. The Morgan fingerprint density at radius 3 is 2.11 bits per heavy atom. The van der Waals surface area contributed by atoms with Crippen LogP contribution in [0.25, 0.3) is 33.0 Å². The summed E-state index contributed by atoms with van der Waals surface area (Å²) in [4.78, 5) is 16.5. The second kappa shape index (κ2) is 18.5. The third-order valence-electron chi connectivity index (χ3n) is 11.0. The van der Waals surface area contributed by atoms with Crippen molar-refractivity contribution in [1.82, 2.24) is 4.98 Å². The summed E-state index contributed by atoms with van der Waals surface area (Å²) in [7, 11) is 0. The fraction of sp³-hybridized carbons (Fsp3) is 0.333. The number of nitrogens with zero attached hydrogens (tertiary/aromatic N) is 1. The van der Waals surface area contributed by atoms with Gasteiger partial charge in [-0.15, -0.1) is 29.7 Å². The van der Waals surface area contributed by atoms with E-state index in [1.165, 1.54) is 22.7 Å². The number of benzene rings is 4. The maximum atomic E-state index is 11.7. The summed E-state index contributed by atoms with van der Waals surface area (Å²) in [6, 6.07) is 33.2. The van der Waals surface area contributed by atoms with E-state index in [-0.39, 0.29) is 50.2 Å². The van der Waals surface area contributed by atoms with Crippen molar-refractivity contribution in [2.24, 2.45) is 11.8 Å². The van der Waals surface area contributed by atoms with Crippen LogP contribution >= 0.6 is 0 Å². The number of carbonyl (C=O) groups excluding carboxylic acids is 1. The molecule has 2 aromatic heterocycles. The molecule has 5 nitrogen and oxygen atoms in total. The van der Waals surface area contributed by atoms with E-state index in [4.69, 9.17) is 14.1 Å². The largest absolute Gasteiger partial charge is 0.512 e. The van der Waals surface area contributed by atoms with Crippen LogP contribution in [-0.2, 0) is 24.9 Å². The second-order valence-corrected chi connectivity index (χ2v) is 15.1. The van der Waals surface area contributed by atoms with E-state index in [1.54, 1.807) is 0 Å². The Kier molecular flexibility index (Phi) is 14.0. The summed E-state index contributed by atoms with van der Waals surface area (Å²) in [5.41, 5.74) is 8.53. The van der Waals surface area contributed by atoms with Crippen molar-refractivity contribution in [3.05, 3.63) is 120 Å². The van der Waals surface area contributed by atoms with Gasteiger partial charge in [-0.3, -0.25) is 9.78 Å². The van der Waals surface area contributed by atoms with E-state index in [0.29, 0.717) is 11.8 Å². The molecule has 0 amide bonds. The molecule has 3 heterocycles. The Morgan fingerprint density at radius 1 is 0.818 bits per heavy atom. The van der Waals surface area contributed by atoms with Gasteiger partial charge >= 0.3 is 0 Å². The van der Waals surface area contributed by atoms with Gasteiger partial charge in [-0.05, 0) is 60.2 Å². The predicted molar refractivity (Wildman–Crippen MR) is 225 cm³/mol. The molecule has 0 unspecified atom stereocenters. The van der Waals surface area contributed by atoms with Crippen LogP contribution in [0.3, 0.4) is 0 Å². The van der Waals surface area contributed by atoms with Gasteiger partial charge in [0.2, 0.25) is 0 Å². The molecule has 0 saturated heterocycles. The minimum Gasteiger partial charge on any atom is -0.512 e. The number of aliphatic hydroxyl groups excluding tert-OH is 1. The van der Waals surface area contributed by atoms with E-state index in [0.717, 1.165) is 81.3 Å².